The second-order valence-corrected chi connectivity index (χ2v) is 14.8. The Kier molecular flexibility index (Phi) is 17.5. The lowest BCUT2D eigenvalue weighted by atomic mass is 9.86. The monoisotopic (exact) mass is 659 g/mol. The molecule has 1 aromatic carbocycles. The number of carboxylic acid groups (broad SMARTS) is 1. The summed E-state index contributed by atoms with van der Waals surface area (Å²) < 4.78 is 10.4. The summed E-state index contributed by atoms with van der Waals surface area (Å²) in [6.45, 7) is 27.3. The smallest absolute Gasteiger partial charge is 0.347 e. The van der Waals surface area contributed by atoms with Gasteiger partial charge in [-0.1, -0.05) is 119 Å². The molecule has 0 radical (unpaired) electrons. The molecule has 0 atom stereocenters. The molecular weight excluding hydrogens is 602 g/mol. The van der Waals surface area contributed by atoms with Gasteiger partial charge in [0.15, 0.2) is 11.3 Å². The first kappa shape index (κ1) is 42.8. The molecule has 7 nitrogen and oxygen atoms in total. The highest BCUT2D eigenvalue weighted by Crippen LogP contribution is 2.35. The predicted octanol–water partition coefficient (Wildman–Crippen LogP) is 11.3. The zero-order chi connectivity index (χ0) is 36.0. The fourth-order valence-electron chi connectivity index (χ4n) is 3.91. The third-order valence-electron chi connectivity index (χ3n) is 6.61. The minimum atomic E-state index is -1.41. The molecule has 0 aliphatic rings. The topological polar surface area (TPSA) is 107 Å². The fraction of sp³-hybridized carbons (Fsp3) is 0.579. The molecule has 0 fully saturated rings. The van der Waals surface area contributed by atoms with Gasteiger partial charge >= 0.3 is 11.9 Å². The molecule has 2 heterocycles. The van der Waals surface area contributed by atoms with E-state index in [1.165, 1.54) is 46.5 Å². The van der Waals surface area contributed by atoms with Crippen molar-refractivity contribution in [2.45, 2.75) is 134 Å². The van der Waals surface area contributed by atoms with Gasteiger partial charge in [-0.2, -0.15) is 0 Å². The number of unbranched alkanes of at least 4 members (excludes halogenated alkanes) is 1. The van der Waals surface area contributed by atoms with Gasteiger partial charge < -0.3 is 14.3 Å². The van der Waals surface area contributed by atoms with Crippen molar-refractivity contribution < 1.29 is 28.6 Å². The third-order valence-corrected chi connectivity index (χ3v) is 6.86. The van der Waals surface area contributed by atoms with E-state index in [1.807, 2.05) is 44.2 Å². The molecule has 0 aliphatic carbocycles. The molecule has 0 spiro atoms. The zero-order valence-corrected chi connectivity index (χ0v) is 31.4. The first-order valence-electron chi connectivity index (χ1n) is 16.2. The number of Topliss-reactive ketones (excluding diaryl/α,β-unsaturated/α-hetero) is 1. The lowest BCUT2D eigenvalue weighted by Crippen LogP contribution is -2.36. The van der Waals surface area contributed by atoms with Crippen LogP contribution in [-0.2, 0) is 19.7 Å². The number of rotatable bonds is 7. The van der Waals surface area contributed by atoms with Crippen molar-refractivity contribution in [2.24, 2.45) is 11.3 Å². The number of carboxylic acids is 1. The van der Waals surface area contributed by atoms with Gasteiger partial charge in [0.25, 0.3) is 0 Å². The summed E-state index contributed by atoms with van der Waals surface area (Å²) in [7, 11) is 0. The van der Waals surface area contributed by atoms with Crippen LogP contribution < -0.4 is 0 Å². The van der Waals surface area contributed by atoms with E-state index in [4.69, 9.17) is 26.1 Å². The lowest BCUT2D eigenvalue weighted by Gasteiger charge is -2.20. The molecule has 0 aliphatic heterocycles. The Morgan fingerprint density at radius 2 is 1.41 bits per heavy atom. The Morgan fingerprint density at radius 3 is 1.74 bits per heavy atom. The van der Waals surface area contributed by atoms with E-state index in [-0.39, 0.29) is 17.1 Å². The number of benzene rings is 1. The van der Waals surface area contributed by atoms with Crippen LogP contribution in [-0.4, -0.2) is 33.4 Å². The molecule has 3 aromatic rings. The van der Waals surface area contributed by atoms with Gasteiger partial charge in [0.05, 0.1) is 5.69 Å². The SMILES string of the molecule is CC(=O)OC(C)(C)C(=O)O.CC(C)C(=O)c1cc2nc(-c3ccc(Cl)cc3)cc(C(C)(C)C)c2o1.CCCC.CCCC(C)(C)C. The average Bonchev–Trinajstić information content (AvgIpc) is 3.35. The van der Waals surface area contributed by atoms with Crippen molar-refractivity contribution in [3.8, 4) is 11.3 Å². The maximum atomic E-state index is 12.3. The number of pyridine rings is 1. The number of esters is 1. The largest absolute Gasteiger partial charge is 0.478 e. The zero-order valence-electron chi connectivity index (χ0n) is 30.7. The van der Waals surface area contributed by atoms with Crippen molar-refractivity contribution in [2.75, 3.05) is 0 Å². The van der Waals surface area contributed by atoms with Crippen molar-refractivity contribution in [1.29, 1.82) is 0 Å². The van der Waals surface area contributed by atoms with Gasteiger partial charge in [0, 0.05) is 35.1 Å². The minimum Gasteiger partial charge on any atom is -0.478 e. The maximum absolute atomic E-state index is 12.3. The van der Waals surface area contributed by atoms with Crippen LogP contribution in [0.3, 0.4) is 0 Å². The number of hydrogen-bond acceptors (Lipinski definition) is 6. The van der Waals surface area contributed by atoms with Gasteiger partial charge in [-0.15, -0.1) is 0 Å². The number of furan rings is 1. The summed E-state index contributed by atoms with van der Waals surface area (Å²) in [5.41, 5.74) is 3.26. The minimum absolute atomic E-state index is 0.00842. The summed E-state index contributed by atoms with van der Waals surface area (Å²) in [6.07, 6.45) is 5.29. The third kappa shape index (κ3) is 15.4. The highest BCUT2D eigenvalue weighted by molar-refractivity contribution is 6.30. The van der Waals surface area contributed by atoms with Crippen molar-refractivity contribution in [1.82, 2.24) is 4.98 Å². The number of ether oxygens (including phenoxy) is 1. The van der Waals surface area contributed by atoms with Crippen molar-refractivity contribution in [3.63, 3.8) is 0 Å². The van der Waals surface area contributed by atoms with E-state index < -0.39 is 17.5 Å². The van der Waals surface area contributed by atoms with Gasteiger partial charge in [-0.05, 0) is 49.3 Å². The highest BCUT2D eigenvalue weighted by atomic mass is 35.5. The molecule has 8 heteroatoms. The summed E-state index contributed by atoms with van der Waals surface area (Å²) in [6, 6.07) is 11.4. The number of ketones is 1. The van der Waals surface area contributed by atoms with E-state index >= 15 is 0 Å². The van der Waals surface area contributed by atoms with E-state index in [0.29, 0.717) is 27.3 Å². The van der Waals surface area contributed by atoms with Crippen LogP contribution in [0.1, 0.15) is 139 Å². The molecular formula is C38H58ClNO6. The Hall–Kier alpha value is -3.19. The number of carbonyl (C=O) groups excluding carboxylic acids is 2. The van der Waals surface area contributed by atoms with Gasteiger partial charge in [-0.25, -0.2) is 9.78 Å². The van der Waals surface area contributed by atoms with E-state index in [2.05, 4.69) is 67.1 Å². The second-order valence-electron chi connectivity index (χ2n) is 14.4. The Balaban J connectivity index is 0.000000792. The highest BCUT2D eigenvalue weighted by Gasteiger charge is 2.30. The van der Waals surface area contributed by atoms with E-state index in [9.17, 15) is 14.4 Å². The lowest BCUT2D eigenvalue weighted by molar-refractivity contribution is -0.172. The quantitative estimate of drug-likeness (QED) is 0.198. The summed E-state index contributed by atoms with van der Waals surface area (Å²) in [4.78, 5) is 37.6. The number of hydrogen-bond donors (Lipinski definition) is 1. The van der Waals surface area contributed by atoms with Crippen LogP contribution in [0.4, 0.5) is 0 Å². The molecule has 2 aromatic heterocycles. The summed E-state index contributed by atoms with van der Waals surface area (Å²) >= 11 is 5.99. The van der Waals surface area contributed by atoms with Crippen LogP contribution in [0.15, 0.2) is 40.8 Å². The summed E-state index contributed by atoms with van der Waals surface area (Å²) in [5.74, 6) is -1.49. The number of nitrogens with zero attached hydrogens (tertiary/aromatic N) is 1. The van der Waals surface area contributed by atoms with Gasteiger partial charge in [0.2, 0.25) is 11.4 Å². The van der Waals surface area contributed by atoms with Crippen LogP contribution in [0.5, 0.6) is 0 Å². The molecule has 0 unspecified atom stereocenters. The number of aromatic nitrogens is 1. The first-order valence-corrected chi connectivity index (χ1v) is 16.6. The number of halogens is 1. The van der Waals surface area contributed by atoms with Crippen LogP contribution >= 0.6 is 11.6 Å². The average molecular weight is 660 g/mol. The molecule has 1 N–H and O–H groups in total. The van der Waals surface area contributed by atoms with Crippen molar-refractivity contribution in [3.05, 3.63) is 52.7 Å². The first-order chi connectivity index (χ1) is 21.0. The van der Waals surface area contributed by atoms with Gasteiger partial charge in [0.1, 0.15) is 5.52 Å². The molecule has 0 bridgehead atoms. The number of aliphatic carboxylic acids is 1. The van der Waals surface area contributed by atoms with Gasteiger partial charge in [-0.3, -0.25) is 9.59 Å². The van der Waals surface area contributed by atoms with E-state index in [1.54, 1.807) is 6.07 Å². The molecule has 258 valence electrons. The van der Waals surface area contributed by atoms with E-state index in [0.717, 1.165) is 16.8 Å². The standard InChI is InChI=1S/C21H22ClNO2.C7H16.C6H10O4.C4H10/c1-12(2)19(24)18-11-17-20(25-18)15(21(3,4)5)10-16(23-17)13-6-8-14(22)9-7-13;1-5-6-7(2,3)4;1-4(7)10-6(2,3)5(8)9;1-3-4-2/h6-12H,1-5H3;5-6H2,1-4H3;1-3H3,(H,8,9);3-4H2,1-2H3. The van der Waals surface area contributed by atoms with Crippen LogP contribution in [0.2, 0.25) is 5.02 Å². The molecule has 0 saturated heterocycles. The maximum Gasteiger partial charge on any atom is 0.347 e. The molecule has 0 amide bonds. The second kappa shape index (κ2) is 18.8. The Morgan fingerprint density at radius 1 is 0.891 bits per heavy atom. The van der Waals surface area contributed by atoms with Crippen molar-refractivity contribution >= 4 is 40.4 Å². The normalized spacial score (nSPS) is 11.4. The Labute approximate surface area is 282 Å². The van der Waals surface area contributed by atoms with Crippen LogP contribution in [0.25, 0.3) is 22.4 Å². The van der Waals surface area contributed by atoms with Crippen LogP contribution in [0, 0.1) is 11.3 Å². The molecule has 3 rings (SSSR count). The number of fused-ring (bicyclic) bond motifs is 1. The number of carbonyl (C=O) groups is 3. The Bertz CT molecular complexity index is 1390. The predicted molar refractivity (Wildman–Crippen MR) is 191 cm³/mol. The molecule has 46 heavy (non-hydrogen) atoms. The fourth-order valence-corrected chi connectivity index (χ4v) is 4.03. The summed E-state index contributed by atoms with van der Waals surface area (Å²) in [5, 5.41) is 9.10. The molecule has 0 saturated carbocycles.